The number of anilines is 2. The van der Waals surface area contributed by atoms with Crippen LogP contribution < -0.4 is 14.5 Å². The second kappa shape index (κ2) is 10.9. The standard InChI is InChI=1S/C25H35N3O3S/c1-20-9-12-24(18-21(20)2)28(32(3,30)31)17-7-8-25(29)26-19-22-10-13-23(14-11-22)27-15-5-4-6-16-27/h9-14,18H,4-8,15-17,19H2,1-3H3,(H,26,29). The molecule has 1 N–H and O–H groups in total. The van der Waals surface area contributed by atoms with Crippen LogP contribution in [0.3, 0.4) is 0 Å². The molecular weight excluding hydrogens is 422 g/mol. The number of sulfonamides is 1. The molecule has 0 atom stereocenters. The predicted octanol–water partition coefficient (Wildman–Crippen LogP) is 4.16. The molecule has 1 fully saturated rings. The highest BCUT2D eigenvalue weighted by molar-refractivity contribution is 7.92. The van der Waals surface area contributed by atoms with Crippen LogP contribution in [0, 0.1) is 13.8 Å². The van der Waals surface area contributed by atoms with Gasteiger partial charge in [-0.1, -0.05) is 18.2 Å². The zero-order valence-electron chi connectivity index (χ0n) is 19.4. The van der Waals surface area contributed by atoms with E-state index in [0.717, 1.165) is 29.8 Å². The van der Waals surface area contributed by atoms with Gasteiger partial charge in [0.05, 0.1) is 11.9 Å². The summed E-state index contributed by atoms with van der Waals surface area (Å²) in [6.07, 6.45) is 5.75. The van der Waals surface area contributed by atoms with Crippen LogP contribution in [0.1, 0.15) is 48.8 Å². The van der Waals surface area contributed by atoms with E-state index in [1.54, 1.807) is 0 Å². The number of benzene rings is 2. The Bertz CT molecular complexity index is 1010. The van der Waals surface area contributed by atoms with E-state index in [-0.39, 0.29) is 18.9 Å². The Labute approximate surface area is 192 Å². The van der Waals surface area contributed by atoms with Crippen LogP contribution in [0.25, 0.3) is 0 Å². The fraction of sp³-hybridized carbons (Fsp3) is 0.480. The number of hydrogen-bond acceptors (Lipinski definition) is 4. The van der Waals surface area contributed by atoms with Crippen LogP contribution in [-0.2, 0) is 21.4 Å². The lowest BCUT2D eigenvalue weighted by molar-refractivity contribution is -0.121. The summed E-state index contributed by atoms with van der Waals surface area (Å²) in [4.78, 5) is 14.7. The zero-order valence-corrected chi connectivity index (χ0v) is 20.2. The van der Waals surface area contributed by atoms with Crippen molar-refractivity contribution in [3.05, 3.63) is 59.2 Å². The van der Waals surface area contributed by atoms with E-state index in [9.17, 15) is 13.2 Å². The van der Waals surface area contributed by atoms with Crippen LogP contribution in [-0.4, -0.2) is 40.2 Å². The van der Waals surface area contributed by atoms with Crippen molar-refractivity contribution in [1.82, 2.24) is 5.32 Å². The van der Waals surface area contributed by atoms with Crippen LogP contribution in [0.5, 0.6) is 0 Å². The Hall–Kier alpha value is -2.54. The average Bonchev–Trinajstić information content (AvgIpc) is 2.77. The number of amides is 1. The highest BCUT2D eigenvalue weighted by Gasteiger charge is 2.18. The van der Waals surface area contributed by atoms with Crippen molar-refractivity contribution in [2.75, 3.05) is 35.1 Å². The van der Waals surface area contributed by atoms with E-state index < -0.39 is 10.0 Å². The van der Waals surface area contributed by atoms with Gasteiger partial charge in [-0.15, -0.1) is 0 Å². The summed E-state index contributed by atoms with van der Waals surface area (Å²) in [6, 6.07) is 14.0. The van der Waals surface area contributed by atoms with Crippen molar-refractivity contribution in [1.29, 1.82) is 0 Å². The highest BCUT2D eigenvalue weighted by Crippen LogP contribution is 2.22. The van der Waals surface area contributed by atoms with Gasteiger partial charge >= 0.3 is 0 Å². The number of nitrogens with one attached hydrogen (secondary N) is 1. The Morgan fingerprint density at radius 1 is 1.00 bits per heavy atom. The summed E-state index contributed by atoms with van der Waals surface area (Å²) in [5.41, 5.74) is 5.11. The molecule has 7 heteroatoms. The van der Waals surface area contributed by atoms with Gasteiger partial charge in [0.2, 0.25) is 15.9 Å². The van der Waals surface area contributed by atoms with Crippen LogP contribution in [0.2, 0.25) is 0 Å². The van der Waals surface area contributed by atoms with Crippen molar-refractivity contribution in [3.8, 4) is 0 Å². The fourth-order valence-corrected chi connectivity index (χ4v) is 4.97. The van der Waals surface area contributed by atoms with Crippen LogP contribution in [0.15, 0.2) is 42.5 Å². The lowest BCUT2D eigenvalue weighted by Crippen LogP contribution is -2.32. The van der Waals surface area contributed by atoms with E-state index >= 15 is 0 Å². The normalized spacial score (nSPS) is 14.3. The molecule has 0 spiro atoms. The molecule has 0 radical (unpaired) electrons. The first kappa shape index (κ1) is 24.1. The summed E-state index contributed by atoms with van der Waals surface area (Å²) in [5.74, 6) is -0.0707. The van der Waals surface area contributed by atoms with Gasteiger partial charge in [0.25, 0.3) is 0 Å². The zero-order chi connectivity index (χ0) is 23.1. The second-order valence-electron chi connectivity index (χ2n) is 8.70. The molecule has 0 bridgehead atoms. The van der Waals surface area contributed by atoms with Gasteiger partial charge in [0.15, 0.2) is 0 Å². The van der Waals surface area contributed by atoms with E-state index in [4.69, 9.17) is 0 Å². The molecule has 1 amide bonds. The first-order valence-corrected chi connectivity index (χ1v) is 13.2. The molecule has 0 unspecified atom stereocenters. The Kier molecular flexibility index (Phi) is 8.18. The van der Waals surface area contributed by atoms with Gasteiger partial charge in [-0.3, -0.25) is 9.10 Å². The van der Waals surface area contributed by atoms with Gasteiger partial charge in [-0.25, -0.2) is 8.42 Å². The van der Waals surface area contributed by atoms with Gasteiger partial charge in [-0.05, 0) is 80.5 Å². The second-order valence-corrected chi connectivity index (χ2v) is 10.6. The third kappa shape index (κ3) is 6.73. The number of nitrogens with zero attached hydrogens (tertiary/aromatic N) is 2. The molecule has 0 aromatic heterocycles. The van der Waals surface area contributed by atoms with Gasteiger partial charge in [-0.2, -0.15) is 0 Å². The quantitative estimate of drug-likeness (QED) is 0.614. The van der Waals surface area contributed by atoms with Crippen molar-refractivity contribution in [2.24, 2.45) is 0 Å². The Balaban J connectivity index is 1.47. The van der Waals surface area contributed by atoms with E-state index in [1.807, 2.05) is 32.0 Å². The van der Waals surface area contributed by atoms with Crippen LogP contribution >= 0.6 is 0 Å². The minimum Gasteiger partial charge on any atom is -0.372 e. The first-order valence-electron chi connectivity index (χ1n) is 11.4. The smallest absolute Gasteiger partial charge is 0.232 e. The molecule has 0 saturated carbocycles. The molecule has 1 aliphatic rings. The summed E-state index contributed by atoms with van der Waals surface area (Å²) < 4.78 is 25.9. The molecular formula is C25H35N3O3S. The largest absolute Gasteiger partial charge is 0.372 e. The Morgan fingerprint density at radius 2 is 1.69 bits per heavy atom. The third-order valence-corrected chi connectivity index (χ3v) is 7.29. The molecule has 1 aliphatic heterocycles. The molecule has 0 aliphatic carbocycles. The van der Waals surface area contributed by atoms with Gasteiger partial charge < -0.3 is 10.2 Å². The van der Waals surface area contributed by atoms with Crippen LogP contribution in [0.4, 0.5) is 11.4 Å². The molecule has 32 heavy (non-hydrogen) atoms. The molecule has 6 nitrogen and oxygen atoms in total. The molecule has 174 valence electrons. The summed E-state index contributed by atoms with van der Waals surface area (Å²) in [5, 5.41) is 2.95. The number of aryl methyl sites for hydroxylation is 2. The number of carbonyl (C=O) groups excluding carboxylic acids is 1. The first-order chi connectivity index (χ1) is 15.2. The van der Waals surface area contributed by atoms with Crippen molar-refractivity contribution in [2.45, 2.75) is 52.5 Å². The van der Waals surface area contributed by atoms with Gasteiger partial charge in [0, 0.05) is 38.3 Å². The van der Waals surface area contributed by atoms with E-state index in [1.165, 1.54) is 35.5 Å². The molecule has 2 aromatic carbocycles. The topological polar surface area (TPSA) is 69.7 Å². The number of rotatable bonds is 9. The third-order valence-electron chi connectivity index (χ3n) is 6.09. The summed E-state index contributed by atoms with van der Waals surface area (Å²) in [6.45, 7) is 6.94. The highest BCUT2D eigenvalue weighted by atomic mass is 32.2. The molecule has 1 saturated heterocycles. The Morgan fingerprint density at radius 3 is 2.31 bits per heavy atom. The maximum atomic E-state index is 12.3. The number of piperidine rings is 1. The molecule has 2 aromatic rings. The number of carbonyl (C=O) groups is 1. The summed E-state index contributed by atoms with van der Waals surface area (Å²) in [7, 11) is -3.42. The van der Waals surface area contributed by atoms with Crippen molar-refractivity contribution >= 4 is 27.3 Å². The minimum atomic E-state index is -3.42. The monoisotopic (exact) mass is 457 g/mol. The van der Waals surface area contributed by atoms with Crippen molar-refractivity contribution in [3.63, 3.8) is 0 Å². The maximum Gasteiger partial charge on any atom is 0.232 e. The molecule has 1 heterocycles. The van der Waals surface area contributed by atoms with Crippen molar-refractivity contribution < 1.29 is 13.2 Å². The lowest BCUT2D eigenvalue weighted by Gasteiger charge is -2.28. The SMILES string of the molecule is Cc1ccc(N(CCCC(=O)NCc2ccc(N3CCCCC3)cc2)S(C)(=O)=O)cc1C. The fourth-order valence-electron chi connectivity index (χ4n) is 4.02. The van der Waals surface area contributed by atoms with E-state index in [2.05, 4.69) is 34.5 Å². The van der Waals surface area contributed by atoms with Gasteiger partial charge in [0.1, 0.15) is 0 Å². The minimum absolute atomic E-state index is 0.0707. The maximum absolute atomic E-state index is 12.3. The number of hydrogen-bond donors (Lipinski definition) is 1. The lowest BCUT2D eigenvalue weighted by atomic mass is 10.1. The average molecular weight is 458 g/mol. The summed E-state index contributed by atoms with van der Waals surface area (Å²) >= 11 is 0. The van der Waals surface area contributed by atoms with E-state index in [0.29, 0.717) is 18.7 Å². The predicted molar refractivity (Wildman–Crippen MR) is 132 cm³/mol. The molecule has 3 rings (SSSR count).